The van der Waals surface area contributed by atoms with Crippen LogP contribution >= 0.6 is 0 Å². The fraction of sp³-hybridized carbons (Fsp3) is 0.211. The number of para-hydroxylation sites is 4. The maximum atomic E-state index is 12.8. The van der Waals surface area contributed by atoms with Crippen molar-refractivity contribution in [3.63, 3.8) is 0 Å². The van der Waals surface area contributed by atoms with Crippen LogP contribution < -0.4 is 22.2 Å². The van der Waals surface area contributed by atoms with Gasteiger partial charge in [-0.3, -0.25) is 0 Å². The van der Waals surface area contributed by atoms with Gasteiger partial charge in [0, 0.05) is 0 Å². The molecule has 0 bridgehead atoms. The van der Waals surface area contributed by atoms with Gasteiger partial charge in [0.25, 0.3) is 0 Å². The topological polar surface area (TPSA) is 88.0 Å². The van der Waals surface area contributed by atoms with Crippen molar-refractivity contribution >= 4 is 23.1 Å². The van der Waals surface area contributed by atoms with Gasteiger partial charge in [0.1, 0.15) is 22.2 Å². The van der Waals surface area contributed by atoms with Crippen molar-refractivity contribution in [1.82, 2.24) is 18.7 Å². The van der Waals surface area contributed by atoms with E-state index in [1.54, 1.807) is 0 Å². The summed E-state index contributed by atoms with van der Waals surface area (Å²) in [5.41, 5.74) is 2.61. The minimum absolute atomic E-state index is 0. The smallest absolute Gasteiger partial charge is 0.308 e. The van der Waals surface area contributed by atoms with Gasteiger partial charge in [-0.1, -0.05) is 112 Å². The molecule has 0 fully saturated rings. The number of rotatable bonds is 10. The van der Waals surface area contributed by atoms with E-state index in [9.17, 15) is 19.2 Å². The summed E-state index contributed by atoms with van der Waals surface area (Å²) in [5, 5.41) is 0. The Balaban J connectivity index is 0.000000208. The fourth-order valence-electron chi connectivity index (χ4n) is 5.40. The zero-order valence-electron chi connectivity index (χ0n) is 26.9. The summed E-state index contributed by atoms with van der Waals surface area (Å²) in [6.45, 7) is 4.10. The summed E-state index contributed by atoms with van der Waals surface area (Å²) in [7, 11) is 0. The molecule has 2 aromatic heterocycles. The predicted octanol–water partition coefficient (Wildman–Crippen LogP) is 5.72. The summed E-state index contributed by atoms with van der Waals surface area (Å²) >= 11 is 0. The normalized spacial score (nSPS) is 10.6. The molecule has 0 aliphatic carbocycles. The Morgan fingerprint density at radius 2 is 0.617 bits per heavy atom. The molecule has 0 radical (unpaired) electrons. The summed E-state index contributed by atoms with van der Waals surface area (Å²) < 4.78 is 5.90. The van der Waals surface area contributed by atoms with Crippen LogP contribution in [0.4, 0.5) is 0 Å². The number of hydrogen-bond donors (Lipinski definition) is 0. The molecule has 6 aromatic rings. The summed E-state index contributed by atoms with van der Waals surface area (Å²) in [6, 6.07) is 37.1. The molecule has 4 aromatic carbocycles. The molecule has 0 atom stereocenters. The second-order valence-electron chi connectivity index (χ2n) is 11.0. The molecule has 0 amide bonds. The first-order chi connectivity index (χ1) is 22.5. The van der Waals surface area contributed by atoms with Gasteiger partial charge in [0.05, 0.1) is 22.7 Å². The molecular weight excluding hydrogens is 601 g/mol. The van der Waals surface area contributed by atoms with E-state index in [1.165, 1.54) is 18.7 Å². The molecule has 0 aliphatic heterocycles. The Kier molecular flexibility index (Phi) is 12.5. The number of unbranched alkanes of at least 4 members (excludes halogenated alkanes) is 2. The summed E-state index contributed by atoms with van der Waals surface area (Å²) in [4.78, 5) is 51.3. The monoisotopic (exact) mass is 638 g/mol. The average Bonchev–Trinajstić information content (AvgIpc) is 3.51. The Hall–Kier alpha value is -4.73. The first-order valence-electron chi connectivity index (χ1n) is 15.8. The van der Waals surface area contributed by atoms with Gasteiger partial charge in [-0.05, 0) is 48.5 Å². The third kappa shape index (κ3) is 7.64. The van der Waals surface area contributed by atoms with Crippen LogP contribution in [0.2, 0.25) is 0 Å². The zero-order chi connectivity index (χ0) is 32.5. The third-order valence-electron chi connectivity index (χ3n) is 7.77. The molecule has 0 aliphatic rings. The zero-order valence-corrected chi connectivity index (χ0v) is 28.3. The van der Waals surface area contributed by atoms with Gasteiger partial charge in [-0.2, -0.15) is 0 Å². The summed E-state index contributed by atoms with van der Waals surface area (Å²) in [5.74, 6) is 0. The Morgan fingerprint density at radius 1 is 0.404 bits per heavy atom. The van der Waals surface area contributed by atoms with Crippen molar-refractivity contribution in [3.8, 4) is 22.7 Å². The standard InChI is InChI=1S/2C19H19N2O2.Mg/c2*1-2-3-14-17-18(22)20(15-10-6-4-7-11-15)21(19(17)23)16-12-8-5-9-13-16;/h2*4-13H,2-3,14H2,1H3;/q2*-1;+2. The second-order valence-corrected chi connectivity index (χ2v) is 11.0. The molecule has 0 saturated carbocycles. The van der Waals surface area contributed by atoms with Crippen LogP contribution in [0.1, 0.15) is 50.7 Å². The van der Waals surface area contributed by atoms with Gasteiger partial charge in [0.15, 0.2) is 0 Å². The van der Waals surface area contributed by atoms with Crippen molar-refractivity contribution in [2.45, 2.75) is 52.4 Å². The van der Waals surface area contributed by atoms with Gasteiger partial charge >= 0.3 is 23.1 Å². The fourth-order valence-corrected chi connectivity index (χ4v) is 5.40. The molecular formula is C38H38MgN4O4. The molecule has 2 heterocycles. The largest absolute Gasteiger partial charge is 2.00 e. The molecule has 236 valence electrons. The molecule has 9 heteroatoms. The molecule has 8 nitrogen and oxygen atoms in total. The minimum Gasteiger partial charge on any atom is -0.308 e. The van der Waals surface area contributed by atoms with E-state index in [-0.39, 0.29) is 45.3 Å². The van der Waals surface area contributed by atoms with E-state index in [2.05, 4.69) is 0 Å². The van der Waals surface area contributed by atoms with E-state index >= 15 is 0 Å². The minimum atomic E-state index is -0.224. The number of aromatic nitrogens is 4. The van der Waals surface area contributed by atoms with E-state index in [0.29, 0.717) is 46.7 Å². The van der Waals surface area contributed by atoms with E-state index < -0.39 is 0 Å². The Morgan fingerprint density at radius 3 is 0.809 bits per heavy atom. The molecule has 0 unspecified atom stereocenters. The van der Waals surface area contributed by atoms with Crippen LogP contribution in [-0.2, 0) is 12.8 Å². The van der Waals surface area contributed by atoms with Crippen LogP contribution in [0.15, 0.2) is 141 Å². The van der Waals surface area contributed by atoms with Crippen molar-refractivity contribution in [2.24, 2.45) is 0 Å². The Labute approximate surface area is 289 Å². The van der Waals surface area contributed by atoms with E-state index in [1.807, 2.05) is 135 Å². The summed E-state index contributed by atoms with van der Waals surface area (Å²) in [6.07, 6.45) is 4.58. The second kappa shape index (κ2) is 16.7. The van der Waals surface area contributed by atoms with Crippen LogP contribution in [-0.4, -0.2) is 41.8 Å². The van der Waals surface area contributed by atoms with Crippen molar-refractivity contribution in [3.05, 3.63) is 174 Å². The van der Waals surface area contributed by atoms with Crippen LogP contribution in [0.3, 0.4) is 0 Å². The quantitative estimate of drug-likeness (QED) is 0.142. The number of nitrogens with zero attached hydrogens (tertiary/aromatic N) is 4. The number of benzene rings is 4. The van der Waals surface area contributed by atoms with E-state index in [0.717, 1.165) is 25.7 Å². The molecule has 47 heavy (non-hydrogen) atoms. The molecule has 0 N–H and O–H groups in total. The van der Waals surface area contributed by atoms with Crippen molar-refractivity contribution in [1.29, 1.82) is 0 Å². The Bertz CT molecular complexity index is 1790. The van der Waals surface area contributed by atoms with E-state index in [4.69, 9.17) is 0 Å². The predicted molar refractivity (Wildman–Crippen MR) is 189 cm³/mol. The van der Waals surface area contributed by atoms with Crippen LogP contribution in [0.5, 0.6) is 0 Å². The van der Waals surface area contributed by atoms with Crippen molar-refractivity contribution in [2.75, 3.05) is 0 Å². The van der Waals surface area contributed by atoms with Gasteiger partial charge in [0.2, 0.25) is 0 Å². The number of hydrogen-bond acceptors (Lipinski definition) is 4. The third-order valence-corrected chi connectivity index (χ3v) is 7.77. The van der Waals surface area contributed by atoms with Gasteiger partial charge in [-0.15, -0.1) is 12.8 Å². The first kappa shape index (κ1) is 35.1. The van der Waals surface area contributed by atoms with Crippen LogP contribution in [0.25, 0.3) is 22.7 Å². The van der Waals surface area contributed by atoms with Gasteiger partial charge < -0.3 is 19.2 Å². The molecule has 0 spiro atoms. The maximum Gasteiger partial charge on any atom is 2.00 e. The molecule has 6 rings (SSSR count). The SMILES string of the molecule is CCCC[c-]1c(=O)n(-c2ccccc2)n(-c2ccccc2)c1=O.CCCC[c-]1c(=O)n(-c2ccccc2)n(-c2ccccc2)c1=O.[Mg+2]. The molecule has 0 saturated heterocycles. The van der Waals surface area contributed by atoms with Crippen molar-refractivity contribution < 1.29 is 0 Å². The maximum absolute atomic E-state index is 12.8. The average molecular weight is 639 g/mol. The van der Waals surface area contributed by atoms with Gasteiger partial charge in [-0.25, -0.2) is 29.9 Å². The van der Waals surface area contributed by atoms with Crippen LogP contribution in [0, 0.1) is 0 Å². The first-order valence-corrected chi connectivity index (χ1v) is 15.8.